The van der Waals surface area contributed by atoms with Gasteiger partial charge in [-0.25, -0.2) is 4.79 Å². The van der Waals surface area contributed by atoms with Gasteiger partial charge in [0, 0.05) is 18.7 Å². The largest absolute Gasteiger partial charge is 0.462 e. The van der Waals surface area contributed by atoms with Crippen LogP contribution in [-0.2, 0) is 23.8 Å². The van der Waals surface area contributed by atoms with Crippen LogP contribution in [0.2, 0.25) is 0 Å². The third kappa shape index (κ3) is 8.64. The van der Waals surface area contributed by atoms with E-state index in [1.807, 2.05) is 0 Å². The van der Waals surface area contributed by atoms with E-state index in [0.717, 1.165) is 4.57 Å². The van der Waals surface area contributed by atoms with Gasteiger partial charge < -0.3 is 25.7 Å². The Morgan fingerprint density at radius 2 is 1.58 bits per heavy atom. The first-order chi connectivity index (χ1) is 14.4. The minimum absolute atomic E-state index is 0.0427. The van der Waals surface area contributed by atoms with Gasteiger partial charge in [-0.2, -0.15) is 0 Å². The summed E-state index contributed by atoms with van der Waals surface area (Å²) in [5.41, 5.74) is 10.3. The lowest BCUT2D eigenvalue weighted by Crippen LogP contribution is -2.40. The van der Waals surface area contributed by atoms with E-state index in [1.165, 1.54) is 12.3 Å². The standard InChI is InChI=1S/C20H34N4O7/c1-11(2)16(21)18(26)30-9-8-29-15(24-7-6-14(25)23-20(24)28)10-13(5)31-19(27)17(22)12(3)4/h6-7,11-13,15-17H,8-10,21-22H2,1-5H3,(H,23,25,28). The monoisotopic (exact) mass is 442 g/mol. The van der Waals surface area contributed by atoms with Gasteiger partial charge in [-0.05, 0) is 18.8 Å². The summed E-state index contributed by atoms with van der Waals surface area (Å²) in [6.45, 7) is 8.71. The third-order valence-electron chi connectivity index (χ3n) is 4.63. The Labute approximate surface area is 181 Å². The predicted octanol–water partition coefficient (Wildman–Crippen LogP) is -0.117. The smallest absolute Gasteiger partial charge is 0.330 e. The highest BCUT2D eigenvalue weighted by Gasteiger charge is 2.25. The van der Waals surface area contributed by atoms with Crippen molar-refractivity contribution in [1.82, 2.24) is 9.55 Å². The zero-order valence-corrected chi connectivity index (χ0v) is 18.7. The van der Waals surface area contributed by atoms with Gasteiger partial charge in [0.05, 0.1) is 6.61 Å². The van der Waals surface area contributed by atoms with Crippen LogP contribution in [0.1, 0.15) is 47.3 Å². The summed E-state index contributed by atoms with van der Waals surface area (Å²) in [6, 6.07) is -0.352. The number of aromatic amines is 1. The quantitative estimate of drug-likeness (QED) is 0.295. The number of nitrogens with two attached hydrogens (primary N) is 2. The lowest BCUT2D eigenvalue weighted by molar-refractivity contribution is -0.156. The van der Waals surface area contributed by atoms with Crippen LogP contribution < -0.4 is 22.7 Å². The van der Waals surface area contributed by atoms with Gasteiger partial charge in [-0.1, -0.05) is 27.7 Å². The number of esters is 2. The maximum atomic E-state index is 12.2. The Morgan fingerprint density at radius 1 is 1.00 bits per heavy atom. The first kappa shape index (κ1) is 26.5. The number of nitrogens with zero attached hydrogens (tertiary/aromatic N) is 1. The van der Waals surface area contributed by atoms with Gasteiger partial charge in [0.1, 0.15) is 31.0 Å². The highest BCUT2D eigenvalue weighted by Crippen LogP contribution is 2.16. The highest BCUT2D eigenvalue weighted by molar-refractivity contribution is 5.76. The molecule has 0 aliphatic heterocycles. The first-order valence-corrected chi connectivity index (χ1v) is 10.2. The number of hydrogen-bond acceptors (Lipinski definition) is 9. The number of ether oxygens (including phenoxy) is 3. The van der Waals surface area contributed by atoms with Crippen LogP contribution in [0.5, 0.6) is 0 Å². The molecule has 0 aliphatic carbocycles. The fourth-order valence-corrected chi connectivity index (χ4v) is 2.49. The number of aromatic nitrogens is 2. The molecular weight excluding hydrogens is 408 g/mol. The molecule has 4 unspecified atom stereocenters. The van der Waals surface area contributed by atoms with E-state index >= 15 is 0 Å². The van der Waals surface area contributed by atoms with E-state index < -0.39 is 47.6 Å². The molecule has 11 nitrogen and oxygen atoms in total. The molecule has 1 heterocycles. The molecule has 11 heteroatoms. The van der Waals surface area contributed by atoms with Crippen LogP contribution in [0.25, 0.3) is 0 Å². The molecule has 176 valence electrons. The van der Waals surface area contributed by atoms with Crippen molar-refractivity contribution in [3.8, 4) is 0 Å². The summed E-state index contributed by atoms with van der Waals surface area (Å²) in [6.07, 6.45) is -0.152. The average molecular weight is 443 g/mol. The molecule has 0 aromatic carbocycles. The van der Waals surface area contributed by atoms with E-state index in [1.54, 1.807) is 34.6 Å². The van der Waals surface area contributed by atoms with Gasteiger partial charge in [0.15, 0.2) is 0 Å². The van der Waals surface area contributed by atoms with Crippen LogP contribution in [0, 0.1) is 11.8 Å². The molecule has 31 heavy (non-hydrogen) atoms. The van der Waals surface area contributed by atoms with Gasteiger partial charge in [0.2, 0.25) is 0 Å². The molecule has 0 saturated carbocycles. The number of rotatable bonds is 12. The molecule has 0 saturated heterocycles. The molecule has 0 spiro atoms. The number of carbonyl (C=O) groups excluding carboxylic acids is 2. The number of H-pyrrole nitrogens is 1. The molecular formula is C20H34N4O7. The van der Waals surface area contributed by atoms with E-state index in [9.17, 15) is 19.2 Å². The summed E-state index contributed by atoms with van der Waals surface area (Å²) in [5, 5.41) is 0. The fraction of sp³-hybridized carbons (Fsp3) is 0.700. The second kappa shape index (κ2) is 12.4. The van der Waals surface area contributed by atoms with E-state index in [0.29, 0.717) is 0 Å². The maximum absolute atomic E-state index is 12.2. The second-order valence-electron chi connectivity index (χ2n) is 8.03. The van der Waals surface area contributed by atoms with Gasteiger partial charge >= 0.3 is 17.6 Å². The van der Waals surface area contributed by atoms with Crippen molar-refractivity contribution in [2.75, 3.05) is 13.2 Å². The lowest BCUT2D eigenvalue weighted by Gasteiger charge is -2.25. The van der Waals surface area contributed by atoms with E-state index in [-0.39, 0.29) is 31.5 Å². The van der Waals surface area contributed by atoms with Crippen LogP contribution in [0.15, 0.2) is 21.9 Å². The Kier molecular flexibility index (Phi) is 10.6. The van der Waals surface area contributed by atoms with Crippen LogP contribution in [0.4, 0.5) is 0 Å². The molecule has 1 aromatic rings. The SMILES string of the molecule is CC(CC(OCCOC(=O)C(N)C(C)C)n1ccc(=O)[nH]c1=O)OC(=O)C(N)C(C)C. The van der Waals surface area contributed by atoms with Crippen LogP contribution >= 0.6 is 0 Å². The summed E-state index contributed by atoms with van der Waals surface area (Å²) >= 11 is 0. The third-order valence-corrected chi connectivity index (χ3v) is 4.63. The number of carbonyl (C=O) groups is 2. The molecule has 0 aliphatic rings. The van der Waals surface area contributed by atoms with Gasteiger partial charge in [-0.15, -0.1) is 0 Å². The van der Waals surface area contributed by atoms with Crippen molar-refractivity contribution in [2.24, 2.45) is 23.3 Å². The van der Waals surface area contributed by atoms with Crippen molar-refractivity contribution in [1.29, 1.82) is 0 Å². The molecule has 0 fully saturated rings. The zero-order valence-electron chi connectivity index (χ0n) is 18.7. The molecule has 0 radical (unpaired) electrons. The molecule has 5 N–H and O–H groups in total. The van der Waals surface area contributed by atoms with E-state index in [2.05, 4.69) is 4.98 Å². The Bertz CT molecular complexity index is 833. The number of hydrogen-bond donors (Lipinski definition) is 3. The molecule has 4 atom stereocenters. The summed E-state index contributed by atoms with van der Waals surface area (Å²) in [7, 11) is 0. The van der Waals surface area contributed by atoms with E-state index in [4.69, 9.17) is 25.7 Å². The molecule has 0 bridgehead atoms. The van der Waals surface area contributed by atoms with Crippen molar-refractivity contribution < 1.29 is 23.8 Å². The van der Waals surface area contributed by atoms with Crippen molar-refractivity contribution >= 4 is 11.9 Å². The van der Waals surface area contributed by atoms with Crippen LogP contribution in [-0.4, -0.2) is 52.9 Å². The molecule has 1 aromatic heterocycles. The lowest BCUT2D eigenvalue weighted by atomic mass is 10.1. The second-order valence-corrected chi connectivity index (χ2v) is 8.03. The van der Waals surface area contributed by atoms with Gasteiger partial charge in [-0.3, -0.25) is 23.9 Å². The average Bonchev–Trinajstić information content (AvgIpc) is 2.68. The fourth-order valence-electron chi connectivity index (χ4n) is 2.49. The van der Waals surface area contributed by atoms with Crippen molar-refractivity contribution in [3.05, 3.63) is 33.1 Å². The first-order valence-electron chi connectivity index (χ1n) is 10.2. The topological polar surface area (TPSA) is 169 Å². The Balaban J connectivity index is 2.81. The summed E-state index contributed by atoms with van der Waals surface area (Å²) in [4.78, 5) is 49.6. The minimum atomic E-state index is -0.889. The Hall–Kier alpha value is -2.50. The highest BCUT2D eigenvalue weighted by atomic mass is 16.6. The summed E-state index contributed by atoms with van der Waals surface area (Å²) < 4.78 is 17.3. The predicted molar refractivity (Wildman–Crippen MR) is 113 cm³/mol. The Morgan fingerprint density at radius 3 is 2.13 bits per heavy atom. The minimum Gasteiger partial charge on any atom is -0.462 e. The molecule has 0 amide bonds. The van der Waals surface area contributed by atoms with Crippen molar-refractivity contribution in [2.45, 2.75) is 65.5 Å². The maximum Gasteiger partial charge on any atom is 0.330 e. The van der Waals surface area contributed by atoms with Crippen molar-refractivity contribution in [3.63, 3.8) is 0 Å². The zero-order chi connectivity index (χ0) is 23.7. The number of nitrogens with one attached hydrogen (secondary N) is 1. The molecule has 1 rings (SSSR count). The summed E-state index contributed by atoms with van der Waals surface area (Å²) in [5.74, 6) is -1.29. The normalized spacial score (nSPS) is 15.4. The van der Waals surface area contributed by atoms with Crippen LogP contribution in [0.3, 0.4) is 0 Å². The van der Waals surface area contributed by atoms with Gasteiger partial charge in [0.25, 0.3) is 5.56 Å².